The van der Waals surface area contributed by atoms with Gasteiger partial charge in [0.15, 0.2) is 18.1 Å². The number of thioether (sulfide) groups is 1. The van der Waals surface area contributed by atoms with Crippen molar-refractivity contribution in [1.29, 1.82) is 0 Å². The highest BCUT2D eigenvalue weighted by atomic mass is 32.2. The van der Waals surface area contributed by atoms with Gasteiger partial charge in [0, 0.05) is 16.7 Å². The molecule has 2 aromatic carbocycles. The molecule has 0 aliphatic carbocycles. The summed E-state index contributed by atoms with van der Waals surface area (Å²) >= 11 is 1.75. The summed E-state index contributed by atoms with van der Waals surface area (Å²) in [5.74, 6) is -0.171. The van der Waals surface area contributed by atoms with E-state index in [9.17, 15) is 9.59 Å². The average molecular weight is 401 g/mol. The van der Waals surface area contributed by atoms with Crippen LogP contribution in [-0.4, -0.2) is 44.5 Å². The van der Waals surface area contributed by atoms with E-state index in [-0.39, 0.29) is 23.8 Å². The first-order valence-corrected chi connectivity index (χ1v) is 9.87. The van der Waals surface area contributed by atoms with E-state index in [1.54, 1.807) is 34.9 Å². The molecule has 2 aromatic rings. The third-order valence-corrected chi connectivity index (χ3v) is 5.73. The van der Waals surface area contributed by atoms with E-state index in [1.165, 1.54) is 14.2 Å². The summed E-state index contributed by atoms with van der Waals surface area (Å²) in [4.78, 5) is 28.1. The predicted molar refractivity (Wildman–Crippen MR) is 109 cm³/mol. The molecular formula is C21H23NO5S. The zero-order valence-electron chi connectivity index (χ0n) is 16.1. The largest absolute Gasteiger partial charge is 0.493 e. The molecule has 0 saturated heterocycles. The van der Waals surface area contributed by atoms with Crippen LogP contribution in [0, 0.1) is 0 Å². The van der Waals surface area contributed by atoms with Gasteiger partial charge in [-0.1, -0.05) is 25.1 Å². The maximum atomic E-state index is 12.8. The van der Waals surface area contributed by atoms with Crippen LogP contribution in [0.5, 0.6) is 11.5 Å². The van der Waals surface area contributed by atoms with Gasteiger partial charge in [0.05, 0.1) is 19.9 Å². The molecule has 0 saturated carbocycles. The minimum absolute atomic E-state index is 0.218. The number of hydrogen-bond donors (Lipinski definition) is 0. The number of rotatable bonds is 5. The lowest BCUT2D eigenvalue weighted by molar-refractivity contribution is -0.121. The molecule has 1 aliphatic rings. The molecule has 1 atom stereocenters. The zero-order valence-corrected chi connectivity index (χ0v) is 17.0. The van der Waals surface area contributed by atoms with Gasteiger partial charge in [-0.25, -0.2) is 4.79 Å². The van der Waals surface area contributed by atoms with Crippen LogP contribution < -0.4 is 14.4 Å². The first-order valence-electron chi connectivity index (χ1n) is 8.99. The van der Waals surface area contributed by atoms with Gasteiger partial charge in [0.25, 0.3) is 5.91 Å². The molecular weight excluding hydrogens is 378 g/mol. The van der Waals surface area contributed by atoms with E-state index in [1.807, 2.05) is 24.3 Å². The van der Waals surface area contributed by atoms with Crippen LogP contribution in [0.3, 0.4) is 0 Å². The number of para-hydroxylation sites is 2. The third-order valence-electron chi connectivity index (χ3n) is 4.49. The molecule has 7 heteroatoms. The number of anilines is 1. The molecule has 3 rings (SSSR count). The van der Waals surface area contributed by atoms with Gasteiger partial charge in [-0.3, -0.25) is 4.79 Å². The van der Waals surface area contributed by atoms with Crippen molar-refractivity contribution in [3.63, 3.8) is 0 Å². The molecule has 28 heavy (non-hydrogen) atoms. The number of esters is 1. The second-order valence-corrected chi connectivity index (χ2v) is 7.83. The number of benzene rings is 2. The summed E-state index contributed by atoms with van der Waals surface area (Å²) in [5.41, 5.74) is 1.08. The first kappa shape index (κ1) is 20.1. The quantitative estimate of drug-likeness (QED) is 0.711. The lowest BCUT2D eigenvalue weighted by Crippen LogP contribution is -2.35. The Kier molecular flexibility index (Phi) is 6.46. The lowest BCUT2D eigenvalue weighted by atomic mass is 10.2. The van der Waals surface area contributed by atoms with E-state index in [2.05, 4.69) is 6.92 Å². The highest BCUT2D eigenvalue weighted by Crippen LogP contribution is 2.37. The number of ether oxygens (including phenoxy) is 3. The van der Waals surface area contributed by atoms with Crippen LogP contribution in [0.15, 0.2) is 47.4 Å². The Labute approximate surface area is 168 Å². The van der Waals surface area contributed by atoms with Crippen molar-refractivity contribution in [3.8, 4) is 11.5 Å². The van der Waals surface area contributed by atoms with Crippen molar-refractivity contribution in [2.45, 2.75) is 23.5 Å². The van der Waals surface area contributed by atoms with Crippen molar-refractivity contribution in [3.05, 3.63) is 48.0 Å². The van der Waals surface area contributed by atoms with E-state index < -0.39 is 5.97 Å². The standard InChI is InChI=1S/C21H23NO5S/c1-14-11-12-22(16-8-4-5-10-18(16)28-14)19(23)13-27-21(24)15-7-6-9-17(25-2)20(15)26-3/h4-10,14H,11-13H2,1-3H3/t14-/m1/s1. The molecule has 148 valence electrons. The van der Waals surface area contributed by atoms with Crippen molar-refractivity contribution in [2.24, 2.45) is 0 Å². The maximum absolute atomic E-state index is 12.8. The first-order chi connectivity index (χ1) is 13.5. The highest BCUT2D eigenvalue weighted by Gasteiger charge is 2.25. The fraction of sp³-hybridized carbons (Fsp3) is 0.333. The van der Waals surface area contributed by atoms with E-state index in [4.69, 9.17) is 14.2 Å². The molecule has 1 amide bonds. The molecule has 0 fully saturated rings. The number of carbonyl (C=O) groups excluding carboxylic acids is 2. The SMILES string of the molecule is COc1cccc(C(=O)OCC(=O)N2CC[C@@H](C)Sc3ccccc32)c1OC. The number of amides is 1. The van der Waals surface area contributed by atoms with Crippen molar-refractivity contribution in [2.75, 3.05) is 32.3 Å². The van der Waals surface area contributed by atoms with Gasteiger partial charge >= 0.3 is 5.97 Å². The minimum Gasteiger partial charge on any atom is -0.493 e. The summed E-state index contributed by atoms with van der Waals surface area (Å²) in [6.07, 6.45) is 0.864. The number of methoxy groups -OCH3 is 2. The van der Waals surface area contributed by atoms with E-state index >= 15 is 0 Å². The second-order valence-electron chi connectivity index (χ2n) is 6.35. The van der Waals surface area contributed by atoms with Crippen LogP contribution in [0.25, 0.3) is 0 Å². The topological polar surface area (TPSA) is 65.1 Å². The monoisotopic (exact) mass is 401 g/mol. The van der Waals surface area contributed by atoms with Crippen LogP contribution in [0.2, 0.25) is 0 Å². The van der Waals surface area contributed by atoms with Crippen molar-refractivity contribution in [1.82, 2.24) is 0 Å². The zero-order chi connectivity index (χ0) is 20.1. The summed E-state index contributed by atoms with van der Waals surface area (Å²) in [5, 5.41) is 0.405. The average Bonchev–Trinajstić information content (AvgIpc) is 2.89. The van der Waals surface area contributed by atoms with Gasteiger partial charge in [0.1, 0.15) is 5.56 Å². The Hall–Kier alpha value is -2.67. The highest BCUT2D eigenvalue weighted by molar-refractivity contribution is 8.00. The van der Waals surface area contributed by atoms with Crippen molar-refractivity contribution < 1.29 is 23.8 Å². The van der Waals surface area contributed by atoms with Crippen molar-refractivity contribution >= 4 is 29.3 Å². The minimum atomic E-state index is -0.630. The van der Waals surface area contributed by atoms with Gasteiger partial charge in [-0.05, 0) is 30.7 Å². The normalized spacial score (nSPS) is 16.0. The fourth-order valence-corrected chi connectivity index (χ4v) is 4.19. The van der Waals surface area contributed by atoms with Gasteiger partial charge in [-0.15, -0.1) is 11.8 Å². The molecule has 0 N–H and O–H groups in total. The van der Waals surface area contributed by atoms with Gasteiger partial charge in [-0.2, -0.15) is 0 Å². The van der Waals surface area contributed by atoms with Crippen LogP contribution in [-0.2, 0) is 9.53 Å². The molecule has 0 aromatic heterocycles. The van der Waals surface area contributed by atoms with E-state index in [0.717, 1.165) is 17.0 Å². The van der Waals surface area contributed by atoms with E-state index in [0.29, 0.717) is 17.5 Å². The summed E-state index contributed by atoms with van der Waals surface area (Å²) in [6, 6.07) is 12.7. The molecule has 0 bridgehead atoms. The fourth-order valence-electron chi connectivity index (χ4n) is 3.08. The molecule has 6 nitrogen and oxygen atoms in total. The predicted octanol–water partition coefficient (Wildman–Crippen LogP) is 3.78. The van der Waals surface area contributed by atoms with Gasteiger partial charge < -0.3 is 19.1 Å². The summed E-state index contributed by atoms with van der Waals surface area (Å²) < 4.78 is 15.8. The van der Waals surface area contributed by atoms with Crippen LogP contribution >= 0.6 is 11.8 Å². The van der Waals surface area contributed by atoms with Crippen LogP contribution in [0.1, 0.15) is 23.7 Å². The number of carbonyl (C=O) groups is 2. The molecule has 1 aliphatic heterocycles. The summed E-state index contributed by atoms with van der Waals surface area (Å²) in [6.45, 7) is 2.39. The Morgan fingerprint density at radius 3 is 2.64 bits per heavy atom. The number of nitrogens with zero attached hydrogens (tertiary/aromatic N) is 1. The maximum Gasteiger partial charge on any atom is 0.342 e. The third kappa shape index (κ3) is 4.25. The Balaban J connectivity index is 1.73. The Morgan fingerprint density at radius 2 is 1.89 bits per heavy atom. The Morgan fingerprint density at radius 1 is 1.11 bits per heavy atom. The molecule has 0 radical (unpaired) electrons. The smallest absolute Gasteiger partial charge is 0.342 e. The number of fused-ring (bicyclic) bond motifs is 1. The molecule has 0 spiro atoms. The number of hydrogen-bond acceptors (Lipinski definition) is 6. The second kappa shape index (κ2) is 9.01. The summed E-state index contributed by atoms with van der Waals surface area (Å²) in [7, 11) is 2.94. The molecule has 0 unspecified atom stereocenters. The Bertz CT molecular complexity index is 870. The van der Waals surface area contributed by atoms with Crippen LogP contribution in [0.4, 0.5) is 5.69 Å². The molecule has 1 heterocycles. The van der Waals surface area contributed by atoms with Gasteiger partial charge in [0.2, 0.25) is 0 Å². The lowest BCUT2D eigenvalue weighted by Gasteiger charge is -2.22.